The van der Waals surface area contributed by atoms with E-state index in [0.717, 1.165) is 11.1 Å². The number of carbonyl (C=O) groups excluding carboxylic acids is 2. The van der Waals surface area contributed by atoms with Crippen LogP contribution in [0.5, 0.6) is 0 Å². The molecule has 0 bridgehead atoms. The summed E-state index contributed by atoms with van der Waals surface area (Å²) < 4.78 is 26.4. The maximum absolute atomic E-state index is 13.3. The Labute approximate surface area is 238 Å². The van der Waals surface area contributed by atoms with Crippen molar-refractivity contribution >= 4 is 46.4 Å². The van der Waals surface area contributed by atoms with Gasteiger partial charge >= 0.3 is 0 Å². The van der Waals surface area contributed by atoms with Gasteiger partial charge in [-0.05, 0) is 60.2 Å². The second-order valence-electron chi connectivity index (χ2n) is 8.12. The summed E-state index contributed by atoms with van der Waals surface area (Å²) in [4.78, 5) is 31.8. The molecule has 3 aromatic carbocycles. The van der Waals surface area contributed by atoms with Crippen molar-refractivity contribution in [1.82, 2.24) is 9.97 Å². The van der Waals surface area contributed by atoms with Crippen LogP contribution in [0.1, 0.15) is 20.7 Å². The predicted octanol–water partition coefficient (Wildman–Crippen LogP) is 7.92. The first-order chi connectivity index (χ1) is 19.3. The first-order valence-electron chi connectivity index (χ1n) is 11.8. The molecule has 2 heterocycles. The van der Waals surface area contributed by atoms with Crippen molar-refractivity contribution in [3.05, 3.63) is 143 Å². The maximum atomic E-state index is 13.3. The smallest absolute Gasteiger partial charge is 0.258 e. The number of pyridine rings is 2. The van der Waals surface area contributed by atoms with Crippen molar-refractivity contribution < 1.29 is 18.4 Å². The van der Waals surface area contributed by atoms with Gasteiger partial charge in [-0.1, -0.05) is 65.7 Å². The molecule has 40 heavy (non-hydrogen) atoms. The normalized spacial score (nSPS) is 10.2. The minimum atomic E-state index is -0.499. The van der Waals surface area contributed by atoms with E-state index in [-0.39, 0.29) is 33.3 Å². The Hall–Kier alpha value is -4.66. The molecular weight excluding hydrogens is 557 g/mol. The molecule has 0 aliphatic rings. The molecule has 200 valence electrons. The molecule has 5 rings (SSSR count). The van der Waals surface area contributed by atoms with Crippen LogP contribution in [0.4, 0.5) is 20.2 Å². The zero-order valence-electron chi connectivity index (χ0n) is 20.6. The molecule has 0 aliphatic heterocycles. The van der Waals surface area contributed by atoms with Crippen LogP contribution in [0.2, 0.25) is 10.3 Å². The van der Waals surface area contributed by atoms with Gasteiger partial charge in [0.05, 0.1) is 16.8 Å². The fourth-order valence-electron chi connectivity index (χ4n) is 3.53. The van der Waals surface area contributed by atoms with Gasteiger partial charge < -0.3 is 10.6 Å². The highest BCUT2D eigenvalue weighted by Gasteiger charge is 2.14. The number of nitrogens with zero attached hydrogens (tertiary/aromatic N) is 2. The van der Waals surface area contributed by atoms with Gasteiger partial charge in [0.2, 0.25) is 0 Å². The van der Waals surface area contributed by atoms with Gasteiger partial charge in [0, 0.05) is 23.6 Å². The minimum Gasteiger partial charge on any atom is -0.321 e. The third-order valence-corrected chi connectivity index (χ3v) is 6.06. The lowest BCUT2D eigenvalue weighted by Crippen LogP contribution is -2.13. The van der Waals surface area contributed by atoms with Gasteiger partial charge in [0.1, 0.15) is 21.9 Å². The molecular formula is C30H20Cl2F2N4O2. The van der Waals surface area contributed by atoms with Gasteiger partial charge in [-0.25, -0.2) is 18.7 Å². The molecule has 5 aromatic rings. The van der Waals surface area contributed by atoms with E-state index < -0.39 is 11.7 Å². The number of aromatic nitrogens is 2. The summed E-state index contributed by atoms with van der Waals surface area (Å²) in [7, 11) is 0. The molecule has 0 unspecified atom stereocenters. The highest BCUT2D eigenvalue weighted by molar-refractivity contribution is 6.33. The molecule has 0 fully saturated rings. The molecule has 6 nitrogen and oxygen atoms in total. The van der Waals surface area contributed by atoms with Crippen molar-refractivity contribution in [2.24, 2.45) is 0 Å². The number of para-hydroxylation sites is 2. The average molecular weight is 577 g/mol. The van der Waals surface area contributed by atoms with Gasteiger partial charge in [0.25, 0.3) is 11.8 Å². The second-order valence-corrected chi connectivity index (χ2v) is 8.84. The van der Waals surface area contributed by atoms with E-state index in [1.54, 1.807) is 48.5 Å². The molecule has 0 radical (unpaired) electrons. The summed E-state index contributed by atoms with van der Waals surface area (Å²) in [6, 6.07) is 25.6. The fourth-order valence-corrected chi connectivity index (χ4v) is 3.94. The van der Waals surface area contributed by atoms with Crippen molar-refractivity contribution in [2.75, 3.05) is 10.6 Å². The van der Waals surface area contributed by atoms with E-state index in [2.05, 4.69) is 20.6 Å². The summed E-state index contributed by atoms with van der Waals surface area (Å²) in [6.45, 7) is 0. The number of halogens is 4. The van der Waals surface area contributed by atoms with Crippen molar-refractivity contribution in [2.45, 2.75) is 0 Å². The van der Waals surface area contributed by atoms with Crippen LogP contribution in [0.15, 0.2) is 109 Å². The largest absolute Gasteiger partial charge is 0.321 e. The summed E-state index contributed by atoms with van der Waals surface area (Å²) in [5.41, 5.74) is 2.82. The highest BCUT2D eigenvalue weighted by Crippen LogP contribution is 2.28. The van der Waals surface area contributed by atoms with Crippen LogP contribution in [0, 0.1) is 11.6 Å². The minimum absolute atomic E-state index is 0.0846. The van der Waals surface area contributed by atoms with Crippen molar-refractivity contribution in [3.8, 4) is 11.1 Å². The van der Waals surface area contributed by atoms with Gasteiger partial charge in [0.15, 0.2) is 0 Å². The zero-order chi connectivity index (χ0) is 28.5. The Bertz CT molecular complexity index is 1650. The maximum Gasteiger partial charge on any atom is 0.258 e. The van der Waals surface area contributed by atoms with Crippen LogP contribution in [-0.4, -0.2) is 21.8 Å². The Balaban J connectivity index is 0.000000194. The molecule has 10 heteroatoms. The lowest BCUT2D eigenvalue weighted by molar-refractivity contribution is 0.101. The third-order valence-electron chi connectivity index (χ3n) is 5.46. The Kier molecular flexibility index (Phi) is 9.51. The third kappa shape index (κ3) is 7.25. The molecule has 0 spiro atoms. The topological polar surface area (TPSA) is 84.0 Å². The van der Waals surface area contributed by atoms with Crippen molar-refractivity contribution in [1.29, 1.82) is 0 Å². The Morgan fingerprint density at radius 2 is 1.10 bits per heavy atom. The number of anilines is 2. The molecule has 0 saturated heterocycles. The van der Waals surface area contributed by atoms with E-state index >= 15 is 0 Å². The molecule has 2 aromatic heterocycles. The summed E-state index contributed by atoms with van der Waals surface area (Å²) in [5.74, 6) is -1.65. The Morgan fingerprint density at radius 1 is 0.600 bits per heavy atom. The second kappa shape index (κ2) is 13.4. The van der Waals surface area contributed by atoms with Gasteiger partial charge in [-0.2, -0.15) is 0 Å². The summed E-state index contributed by atoms with van der Waals surface area (Å²) in [6.07, 6.45) is 2.99. The number of hydrogen-bond donors (Lipinski definition) is 2. The van der Waals surface area contributed by atoms with Gasteiger partial charge in [-0.3, -0.25) is 9.59 Å². The number of carbonyl (C=O) groups is 2. The van der Waals surface area contributed by atoms with E-state index in [1.807, 2.05) is 18.2 Å². The number of nitrogens with one attached hydrogen (secondary N) is 2. The van der Waals surface area contributed by atoms with E-state index in [0.29, 0.717) is 11.3 Å². The average Bonchev–Trinajstić information content (AvgIpc) is 2.96. The first-order valence-corrected chi connectivity index (χ1v) is 12.5. The van der Waals surface area contributed by atoms with E-state index in [9.17, 15) is 18.4 Å². The van der Waals surface area contributed by atoms with Crippen LogP contribution < -0.4 is 10.6 Å². The molecule has 0 saturated carbocycles. The first kappa shape index (κ1) is 28.4. The molecule has 0 atom stereocenters. The SMILES string of the molecule is O=C(Nc1ccccc1-c1ccc(F)cc1)c1cccnc1Cl.O=C(Nc1ccccc1F)c1cccnc1Cl. The summed E-state index contributed by atoms with van der Waals surface area (Å²) in [5, 5.41) is 5.48. The lowest BCUT2D eigenvalue weighted by atomic mass is 10.0. The van der Waals surface area contributed by atoms with Crippen molar-refractivity contribution in [3.63, 3.8) is 0 Å². The standard InChI is InChI=1S/C18H12ClFN2O.C12H8ClFN2O/c19-17-15(5-3-11-21-17)18(23)22-16-6-2-1-4-14(16)12-7-9-13(20)10-8-12;13-11-8(4-3-7-15-11)12(17)16-10-6-2-1-5-9(10)14/h1-11H,(H,22,23);1-7H,(H,16,17). The number of amides is 2. The highest BCUT2D eigenvalue weighted by atomic mass is 35.5. The number of rotatable bonds is 5. The number of hydrogen-bond acceptors (Lipinski definition) is 4. The van der Waals surface area contributed by atoms with Crippen LogP contribution in [0.25, 0.3) is 11.1 Å². The van der Waals surface area contributed by atoms with Crippen LogP contribution in [0.3, 0.4) is 0 Å². The zero-order valence-corrected chi connectivity index (χ0v) is 22.1. The number of benzene rings is 3. The monoisotopic (exact) mass is 576 g/mol. The van der Waals surface area contributed by atoms with E-state index in [4.69, 9.17) is 23.2 Å². The van der Waals surface area contributed by atoms with Crippen LogP contribution >= 0.6 is 23.2 Å². The fraction of sp³-hybridized carbons (Fsp3) is 0. The van der Waals surface area contributed by atoms with Gasteiger partial charge in [-0.15, -0.1) is 0 Å². The molecule has 2 N–H and O–H groups in total. The Morgan fingerprint density at radius 3 is 1.65 bits per heavy atom. The molecule has 0 aliphatic carbocycles. The predicted molar refractivity (Wildman–Crippen MR) is 153 cm³/mol. The van der Waals surface area contributed by atoms with E-state index in [1.165, 1.54) is 42.7 Å². The lowest BCUT2D eigenvalue weighted by Gasteiger charge is -2.11. The van der Waals surface area contributed by atoms with Crippen LogP contribution in [-0.2, 0) is 0 Å². The quantitative estimate of drug-likeness (QED) is 0.208. The molecule has 2 amide bonds. The summed E-state index contributed by atoms with van der Waals surface area (Å²) >= 11 is 11.7.